The van der Waals surface area contributed by atoms with Crippen molar-refractivity contribution in [2.75, 3.05) is 16.9 Å². The van der Waals surface area contributed by atoms with Gasteiger partial charge in [-0.1, -0.05) is 12.2 Å². The lowest BCUT2D eigenvalue weighted by atomic mass is 10.0. The van der Waals surface area contributed by atoms with Gasteiger partial charge in [0, 0.05) is 29.4 Å². The molecule has 0 unspecified atom stereocenters. The summed E-state index contributed by atoms with van der Waals surface area (Å²) in [5, 5.41) is 4.17. The molecule has 0 saturated heterocycles. The van der Waals surface area contributed by atoms with Gasteiger partial charge in [0.15, 0.2) is 11.6 Å². The van der Waals surface area contributed by atoms with Crippen LogP contribution >= 0.6 is 0 Å². The van der Waals surface area contributed by atoms with Crippen molar-refractivity contribution in [3.8, 4) is 11.3 Å². The number of carbonyl (C=O) groups is 3. The van der Waals surface area contributed by atoms with E-state index in [-0.39, 0.29) is 30.4 Å². The van der Waals surface area contributed by atoms with Gasteiger partial charge in [0.25, 0.3) is 5.91 Å². The second-order valence-electron chi connectivity index (χ2n) is 9.95. The number of rotatable bonds is 5. The van der Waals surface area contributed by atoms with Crippen LogP contribution in [0.2, 0.25) is 0 Å². The maximum absolute atomic E-state index is 13.4. The highest BCUT2D eigenvalue weighted by Gasteiger charge is 2.34. The van der Waals surface area contributed by atoms with Crippen molar-refractivity contribution in [2.45, 2.75) is 45.8 Å². The first-order valence-corrected chi connectivity index (χ1v) is 12.1. The number of aromatic amines is 1. The van der Waals surface area contributed by atoms with Crippen LogP contribution in [0.4, 0.5) is 16.3 Å². The third-order valence-electron chi connectivity index (χ3n) is 5.88. The SMILES string of the molecule is CC(C)(C)OC(=O)N1CC(=O)c2c([nH]c(-c3ccnc(N(N)C(=O)/C(N)=C/N)c3)c2NC2=CCCC=C2)C1. The molecule has 12 nitrogen and oxygen atoms in total. The van der Waals surface area contributed by atoms with E-state index in [2.05, 4.69) is 15.3 Å². The fourth-order valence-electron chi connectivity index (χ4n) is 4.14. The van der Waals surface area contributed by atoms with E-state index >= 15 is 0 Å². The number of nitrogens with zero attached hydrogens (tertiary/aromatic N) is 3. The van der Waals surface area contributed by atoms with E-state index in [1.807, 2.05) is 18.2 Å². The molecule has 4 rings (SSSR count). The molecule has 2 aromatic heterocycles. The van der Waals surface area contributed by atoms with Gasteiger partial charge in [0.1, 0.15) is 11.3 Å². The molecule has 0 aromatic carbocycles. The van der Waals surface area contributed by atoms with Crippen molar-refractivity contribution in [3.63, 3.8) is 0 Å². The molecule has 2 aromatic rings. The monoisotopic (exact) mass is 520 g/mol. The zero-order valence-electron chi connectivity index (χ0n) is 21.6. The first-order valence-electron chi connectivity index (χ1n) is 12.1. The maximum atomic E-state index is 13.4. The van der Waals surface area contributed by atoms with Gasteiger partial charge in [-0.05, 0) is 51.8 Å². The number of hydrazine groups is 1. The van der Waals surface area contributed by atoms with Crippen molar-refractivity contribution in [1.29, 1.82) is 0 Å². The van der Waals surface area contributed by atoms with Crippen LogP contribution in [0.5, 0.6) is 0 Å². The van der Waals surface area contributed by atoms with Gasteiger partial charge >= 0.3 is 6.09 Å². The highest BCUT2D eigenvalue weighted by atomic mass is 16.6. The third-order valence-corrected chi connectivity index (χ3v) is 5.88. The number of H-pyrrole nitrogens is 1. The van der Waals surface area contributed by atoms with Crippen LogP contribution in [0.25, 0.3) is 11.3 Å². The van der Waals surface area contributed by atoms with Crippen LogP contribution in [0.1, 0.15) is 49.7 Å². The molecular weight excluding hydrogens is 488 g/mol. The Labute approximate surface area is 220 Å². The Hall–Kier alpha value is -4.58. The summed E-state index contributed by atoms with van der Waals surface area (Å²) < 4.78 is 5.48. The number of anilines is 2. The van der Waals surface area contributed by atoms with Gasteiger partial charge in [-0.2, -0.15) is 0 Å². The zero-order valence-corrected chi connectivity index (χ0v) is 21.6. The summed E-state index contributed by atoms with van der Waals surface area (Å²) in [6, 6.07) is 3.30. The molecule has 8 N–H and O–H groups in total. The lowest BCUT2D eigenvalue weighted by Crippen LogP contribution is -2.42. The normalized spacial score (nSPS) is 15.6. The summed E-state index contributed by atoms with van der Waals surface area (Å²) in [6.45, 7) is 5.33. The molecule has 0 spiro atoms. The van der Waals surface area contributed by atoms with Crippen LogP contribution < -0.4 is 27.6 Å². The molecule has 0 bridgehead atoms. The Balaban J connectivity index is 1.76. The minimum atomic E-state index is -0.720. The number of pyridine rings is 1. The van der Waals surface area contributed by atoms with Gasteiger partial charge in [-0.25, -0.2) is 20.6 Å². The number of allylic oxidation sites excluding steroid dienone is 3. The lowest BCUT2D eigenvalue weighted by Gasteiger charge is -2.29. The predicted octanol–water partition coefficient (Wildman–Crippen LogP) is 2.62. The standard InChI is InChI=1S/C26H32N8O4/c1-26(2,3)38-25(37)33-13-18-21(19(35)14-33)23(31-16-7-5-4-6-8-16)22(32-18)15-9-10-30-20(11-15)34(29)24(36)17(28)12-27/h5,7-12,31-32H,4,6,13-14,27-29H2,1-3H3/b17-12-. The summed E-state index contributed by atoms with van der Waals surface area (Å²) in [5.41, 5.74) is 13.6. The van der Waals surface area contributed by atoms with Crippen LogP contribution in [-0.2, 0) is 16.1 Å². The number of nitrogens with one attached hydrogen (secondary N) is 2. The van der Waals surface area contributed by atoms with Crippen molar-refractivity contribution >= 4 is 29.3 Å². The number of carbonyl (C=O) groups excluding carboxylic acids is 3. The summed E-state index contributed by atoms with van der Waals surface area (Å²) in [4.78, 5) is 47.4. The van der Waals surface area contributed by atoms with E-state index in [1.165, 1.54) is 11.1 Å². The molecule has 3 heterocycles. The quantitative estimate of drug-likeness (QED) is 0.171. The van der Waals surface area contributed by atoms with E-state index in [0.29, 0.717) is 28.2 Å². The number of hydrogen-bond donors (Lipinski definition) is 5. The first-order chi connectivity index (χ1) is 18.0. The Bertz CT molecular complexity index is 1370. The molecule has 38 heavy (non-hydrogen) atoms. The molecule has 0 radical (unpaired) electrons. The minimum absolute atomic E-state index is 0.120. The molecule has 2 amide bonds. The summed E-state index contributed by atoms with van der Waals surface area (Å²) >= 11 is 0. The molecule has 2 aliphatic rings. The lowest BCUT2D eigenvalue weighted by molar-refractivity contribution is -0.115. The van der Waals surface area contributed by atoms with Gasteiger partial charge < -0.3 is 26.5 Å². The average molecular weight is 521 g/mol. The van der Waals surface area contributed by atoms with Gasteiger partial charge in [0.2, 0.25) is 0 Å². The van der Waals surface area contributed by atoms with Gasteiger partial charge in [-0.15, -0.1) is 0 Å². The van der Waals surface area contributed by atoms with E-state index in [1.54, 1.807) is 32.9 Å². The average Bonchev–Trinajstić information content (AvgIpc) is 3.25. The highest BCUT2D eigenvalue weighted by Crippen LogP contribution is 2.38. The summed E-state index contributed by atoms with van der Waals surface area (Å²) in [5.74, 6) is 5.12. The second-order valence-corrected chi connectivity index (χ2v) is 9.95. The van der Waals surface area contributed by atoms with E-state index in [9.17, 15) is 14.4 Å². The number of ketones is 1. The number of ether oxygens (including phenoxy) is 1. The number of fused-ring (bicyclic) bond motifs is 1. The predicted molar refractivity (Wildman–Crippen MR) is 143 cm³/mol. The largest absolute Gasteiger partial charge is 0.444 e. The molecule has 0 saturated carbocycles. The van der Waals surface area contributed by atoms with Crippen molar-refractivity contribution in [1.82, 2.24) is 14.9 Å². The second kappa shape index (κ2) is 10.4. The molecule has 0 fully saturated rings. The van der Waals surface area contributed by atoms with E-state index in [4.69, 9.17) is 22.0 Å². The van der Waals surface area contributed by atoms with Crippen LogP contribution in [0, 0.1) is 0 Å². The molecule has 0 atom stereocenters. The summed E-state index contributed by atoms with van der Waals surface area (Å²) in [6.07, 6.45) is 9.71. The maximum Gasteiger partial charge on any atom is 0.411 e. The van der Waals surface area contributed by atoms with E-state index in [0.717, 1.165) is 29.7 Å². The van der Waals surface area contributed by atoms with Crippen molar-refractivity contribution in [3.05, 3.63) is 65.4 Å². The molecule has 1 aliphatic carbocycles. The fraction of sp³-hybridized carbons (Fsp3) is 0.308. The molecule has 12 heteroatoms. The van der Waals surface area contributed by atoms with Gasteiger partial charge in [-0.3, -0.25) is 14.5 Å². The molecular formula is C26H32N8O4. The highest BCUT2D eigenvalue weighted by molar-refractivity contribution is 6.09. The van der Waals surface area contributed by atoms with E-state index < -0.39 is 17.6 Å². The smallest absolute Gasteiger partial charge is 0.411 e. The number of amides is 2. The molecule has 1 aliphatic heterocycles. The third kappa shape index (κ3) is 5.54. The summed E-state index contributed by atoms with van der Waals surface area (Å²) in [7, 11) is 0. The Morgan fingerprint density at radius 3 is 2.68 bits per heavy atom. The van der Waals surface area contributed by atoms with Gasteiger partial charge in [0.05, 0.1) is 30.0 Å². The number of aromatic nitrogens is 2. The van der Waals surface area contributed by atoms with Crippen molar-refractivity contribution in [2.24, 2.45) is 17.3 Å². The van der Waals surface area contributed by atoms with Crippen LogP contribution in [0.3, 0.4) is 0 Å². The van der Waals surface area contributed by atoms with Crippen LogP contribution in [-0.4, -0.2) is 44.8 Å². The fourth-order valence-corrected chi connectivity index (χ4v) is 4.14. The number of hydrogen-bond acceptors (Lipinski definition) is 9. The van der Waals surface area contributed by atoms with Crippen LogP contribution in [0.15, 0.2) is 54.2 Å². The Kier molecular flexibility index (Phi) is 7.26. The minimum Gasteiger partial charge on any atom is -0.444 e. The first kappa shape index (κ1) is 26.5. The topological polar surface area (TPSA) is 186 Å². The van der Waals surface area contributed by atoms with Crippen molar-refractivity contribution < 1.29 is 19.1 Å². The Morgan fingerprint density at radius 1 is 1.26 bits per heavy atom. The molecule has 200 valence electrons. The Morgan fingerprint density at radius 2 is 2.03 bits per heavy atom. The zero-order chi connectivity index (χ0) is 27.6. The number of Topliss-reactive ketones (excluding diaryl/α,β-unsaturated/α-hetero) is 1. The number of nitrogens with two attached hydrogens (primary N) is 3.